The van der Waals surface area contributed by atoms with Crippen LogP contribution in [0.25, 0.3) is 0 Å². The highest BCUT2D eigenvalue weighted by molar-refractivity contribution is 14.0. The van der Waals surface area contributed by atoms with Gasteiger partial charge < -0.3 is 10.6 Å². The van der Waals surface area contributed by atoms with E-state index < -0.39 is 9.84 Å². The molecular weight excluding hydrogens is 493 g/mol. The molecule has 27 heavy (non-hydrogen) atoms. The highest BCUT2D eigenvalue weighted by Gasteiger charge is 2.20. The first-order valence-electron chi connectivity index (χ1n) is 9.03. The number of halogens is 1. The SMILES string of the molecule is CCNC(=NCC(C)(C)CCS(C)(=O)=O)NCC(C)Sc1ccccc1.I. The van der Waals surface area contributed by atoms with Gasteiger partial charge in [-0.05, 0) is 30.9 Å². The van der Waals surface area contributed by atoms with E-state index in [0.717, 1.165) is 19.0 Å². The van der Waals surface area contributed by atoms with Gasteiger partial charge in [-0.3, -0.25) is 4.99 Å². The van der Waals surface area contributed by atoms with E-state index >= 15 is 0 Å². The molecule has 0 radical (unpaired) electrons. The number of benzene rings is 1. The van der Waals surface area contributed by atoms with Crippen LogP contribution in [0.4, 0.5) is 0 Å². The smallest absolute Gasteiger partial charge is 0.191 e. The number of hydrogen-bond acceptors (Lipinski definition) is 4. The summed E-state index contributed by atoms with van der Waals surface area (Å²) in [6.07, 6.45) is 1.89. The Labute approximate surface area is 186 Å². The van der Waals surface area contributed by atoms with Gasteiger partial charge in [0.25, 0.3) is 0 Å². The molecule has 0 saturated carbocycles. The van der Waals surface area contributed by atoms with Crippen LogP contribution >= 0.6 is 35.7 Å². The van der Waals surface area contributed by atoms with Gasteiger partial charge in [0.2, 0.25) is 0 Å². The second-order valence-corrected chi connectivity index (χ2v) is 11.1. The molecule has 8 heteroatoms. The van der Waals surface area contributed by atoms with Crippen LogP contribution in [-0.2, 0) is 9.84 Å². The highest BCUT2D eigenvalue weighted by atomic mass is 127. The first kappa shape index (κ1) is 26.5. The van der Waals surface area contributed by atoms with Gasteiger partial charge in [-0.15, -0.1) is 35.7 Å². The van der Waals surface area contributed by atoms with E-state index in [1.807, 2.05) is 36.9 Å². The Morgan fingerprint density at radius 3 is 2.41 bits per heavy atom. The number of sulfone groups is 1. The molecule has 0 spiro atoms. The van der Waals surface area contributed by atoms with E-state index in [1.54, 1.807) is 0 Å². The number of aliphatic imine (C=N–C) groups is 1. The molecule has 1 rings (SSSR count). The maximum absolute atomic E-state index is 11.4. The molecule has 0 aliphatic heterocycles. The van der Waals surface area contributed by atoms with Gasteiger partial charge in [-0.1, -0.05) is 39.0 Å². The molecule has 0 aliphatic carbocycles. The van der Waals surface area contributed by atoms with Crippen LogP contribution < -0.4 is 10.6 Å². The van der Waals surface area contributed by atoms with E-state index in [-0.39, 0.29) is 35.1 Å². The zero-order chi connectivity index (χ0) is 19.6. The lowest BCUT2D eigenvalue weighted by Gasteiger charge is -2.23. The molecule has 0 aliphatic rings. The average Bonchev–Trinajstić information content (AvgIpc) is 2.56. The number of hydrogen-bond donors (Lipinski definition) is 2. The van der Waals surface area contributed by atoms with Crippen LogP contribution in [-0.4, -0.2) is 51.3 Å². The first-order valence-corrected chi connectivity index (χ1v) is 12.0. The quantitative estimate of drug-likeness (QED) is 0.210. The molecule has 1 unspecified atom stereocenters. The zero-order valence-corrected chi connectivity index (χ0v) is 21.0. The third-order valence-electron chi connectivity index (χ3n) is 3.80. The number of guanidine groups is 1. The van der Waals surface area contributed by atoms with Gasteiger partial charge >= 0.3 is 0 Å². The molecule has 1 atom stereocenters. The predicted octanol–water partition coefficient (Wildman–Crippen LogP) is 3.80. The van der Waals surface area contributed by atoms with Crippen LogP contribution in [0.2, 0.25) is 0 Å². The number of rotatable bonds is 10. The monoisotopic (exact) mass is 527 g/mol. The van der Waals surface area contributed by atoms with Gasteiger partial charge in [0.15, 0.2) is 5.96 Å². The fraction of sp³-hybridized carbons (Fsp3) is 0.632. The minimum absolute atomic E-state index is 0. The number of nitrogens with one attached hydrogen (secondary N) is 2. The van der Waals surface area contributed by atoms with Gasteiger partial charge in [0.05, 0.1) is 5.75 Å². The highest BCUT2D eigenvalue weighted by Crippen LogP contribution is 2.22. The van der Waals surface area contributed by atoms with Gasteiger partial charge in [0.1, 0.15) is 9.84 Å². The number of nitrogens with zero attached hydrogens (tertiary/aromatic N) is 1. The third kappa shape index (κ3) is 13.3. The summed E-state index contributed by atoms with van der Waals surface area (Å²) in [6, 6.07) is 10.4. The Morgan fingerprint density at radius 2 is 1.85 bits per heavy atom. The molecule has 0 saturated heterocycles. The van der Waals surface area contributed by atoms with Crippen molar-refractivity contribution in [2.24, 2.45) is 10.4 Å². The second kappa shape index (κ2) is 12.9. The van der Waals surface area contributed by atoms with E-state index in [9.17, 15) is 8.42 Å². The molecular formula is C19H34IN3O2S2. The lowest BCUT2D eigenvalue weighted by atomic mass is 9.90. The Morgan fingerprint density at radius 1 is 1.22 bits per heavy atom. The standard InChI is InChI=1S/C19H33N3O2S2.HI/c1-6-20-18(22-15-19(3,4)12-13-26(5,23)24)21-14-16(2)25-17-10-8-7-9-11-17;/h7-11,16H,6,12-15H2,1-5H3,(H2,20,21,22);1H. The van der Waals surface area contributed by atoms with Crippen LogP contribution in [0.3, 0.4) is 0 Å². The Bertz CT molecular complexity index is 665. The minimum atomic E-state index is -2.94. The molecule has 1 aromatic rings. The zero-order valence-electron chi connectivity index (χ0n) is 17.0. The maximum Gasteiger partial charge on any atom is 0.191 e. The second-order valence-electron chi connectivity index (χ2n) is 7.36. The molecule has 5 nitrogen and oxygen atoms in total. The summed E-state index contributed by atoms with van der Waals surface area (Å²) < 4.78 is 22.8. The lowest BCUT2D eigenvalue weighted by molar-refractivity contribution is 0.365. The summed E-state index contributed by atoms with van der Waals surface area (Å²) in [7, 11) is -2.94. The maximum atomic E-state index is 11.4. The third-order valence-corrected chi connectivity index (χ3v) is 5.86. The number of thioether (sulfide) groups is 1. The van der Waals surface area contributed by atoms with Crippen molar-refractivity contribution >= 4 is 51.5 Å². The molecule has 156 valence electrons. The Kier molecular flexibility index (Phi) is 12.6. The van der Waals surface area contributed by atoms with Crippen molar-refractivity contribution in [2.75, 3.05) is 31.6 Å². The fourth-order valence-electron chi connectivity index (χ4n) is 2.19. The average molecular weight is 528 g/mol. The molecule has 0 aromatic heterocycles. The summed E-state index contributed by atoms with van der Waals surface area (Å²) in [4.78, 5) is 5.91. The Hall–Kier alpha value is -0.480. The molecule has 1 aromatic carbocycles. The van der Waals surface area contributed by atoms with Crippen molar-refractivity contribution in [1.29, 1.82) is 0 Å². The van der Waals surface area contributed by atoms with Crippen molar-refractivity contribution in [3.8, 4) is 0 Å². The van der Waals surface area contributed by atoms with Crippen molar-refractivity contribution in [1.82, 2.24) is 10.6 Å². The van der Waals surface area contributed by atoms with Crippen molar-refractivity contribution < 1.29 is 8.42 Å². The van der Waals surface area contributed by atoms with E-state index in [2.05, 4.69) is 48.5 Å². The summed E-state index contributed by atoms with van der Waals surface area (Å²) in [5, 5.41) is 7.05. The van der Waals surface area contributed by atoms with E-state index in [0.29, 0.717) is 18.2 Å². The van der Waals surface area contributed by atoms with Crippen LogP contribution in [0.1, 0.15) is 34.1 Å². The molecule has 0 heterocycles. The topological polar surface area (TPSA) is 70.6 Å². The summed E-state index contributed by atoms with van der Waals surface area (Å²) in [5.41, 5.74) is -0.157. The van der Waals surface area contributed by atoms with Crippen molar-refractivity contribution in [3.63, 3.8) is 0 Å². The largest absolute Gasteiger partial charge is 0.357 e. The van der Waals surface area contributed by atoms with Crippen molar-refractivity contribution in [3.05, 3.63) is 30.3 Å². The molecule has 0 fully saturated rings. The Balaban J connectivity index is 0.00000676. The first-order chi connectivity index (χ1) is 12.1. The molecule has 0 amide bonds. The molecule has 0 bridgehead atoms. The minimum Gasteiger partial charge on any atom is -0.357 e. The summed E-state index contributed by atoms with van der Waals surface area (Å²) in [6.45, 7) is 10.5. The van der Waals surface area contributed by atoms with Gasteiger partial charge in [0, 0.05) is 36.0 Å². The molecule has 2 N–H and O–H groups in total. The van der Waals surface area contributed by atoms with Crippen LogP contribution in [0.15, 0.2) is 40.2 Å². The van der Waals surface area contributed by atoms with Gasteiger partial charge in [-0.2, -0.15) is 0 Å². The van der Waals surface area contributed by atoms with Crippen LogP contribution in [0.5, 0.6) is 0 Å². The van der Waals surface area contributed by atoms with Crippen LogP contribution in [0, 0.1) is 5.41 Å². The van der Waals surface area contributed by atoms with Crippen molar-refractivity contribution in [2.45, 2.75) is 44.3 Å². The van der Waals surface area contributed by atoms with E-state index in [1.165, 1.54) is 11.2 Å². The lowest BCUT2D eigenvalue weighted by Crippen LogP contribution is -2.40. The fourth-order valence-corrected chi connectivity index (χ4v) is 4.06. The predicted molar refractivity (Wildman–Crippen MR) is 129 cm³/mol. The van der Waals surface area contributed by atoms with Gasteiger partial charge in [-0.25, -0.2) is 8.42 Å². The van der Waals surface area contributed by atoms with E-state index in [4.69, 9.17) is 0 Å². The normalized spacial score (nSPS) is 13.6. The summed E-state index contributed by atoms with van der Waals surface area (Å²) in [5.74, 6) is 0.977. The summed E-state index contributed by atoms with van der Waals surface area (Å²) >= 11 is 1.83.